The van der Waals surface area contributed by atoms with Crippen LogP contribution in [-0.4, -0.2) is 17.8 Å². The lowest BCUT2D eigenvalue weighted by atomic mass is 9.81. The van der Waals surface area contributed by atoms with E-state index in [2.05, 4.69) is 24.7 Å². The van der Waals surface area contributed by atoms with Crippen LogP contribution >= 0.6 is 0 Å². The van der Waals surface area contributed by atoms with Crippen LogP contribution in [0.1, 0.15) is 36.7 Å². The van der Waals surface area contributed by atoms with Crippen molar-refractivity contribution in [1.82, 2.24) is 9.97 Å². The highest BCUT2D eigenvalue weighted by molar-refractivity contribution is 6.16. The standard InChI is InChI=1S/C10H13BN2O/c1-4-5(2)8(11)9-7(4)10(14)13-6(3)12-9/h8H,11H2,1-3H3,(H,12,13,14). The van der Waals surface area contributed by atoms with Crippen LogP contribution in [0.15, 0.2) is 10.4 Å². The highest BCUT2D eigenvalue weighted by Crippen LogP contribution is 2.35. The first-order valence-corrected chi connectivity index (χ1v) is 4.81. The largest absolute Gasteiger partial charge is 0.310 e. The van der Waals surface area contributed by atoms with Gasteiger partial charge >= 0.3 is 0 Å². The van der Waals surface area contributed by atoms with Gasteiger partial charge in [0.15, 0.2) is 0 Å². The van der Waals surface area contributed by atoms with Crippen LogP contribution in [0.4, 0.5) is 0 Å². The molecule has 1 unspecified atom stereocenters. The number of nitrogens with zero attached hydrogens (tertiary/aromatic N) is 1. The zero-order valence-electron chi connectivity index (χ0n) is 8.93. The fraction of sp³-hybridized carbons (Fsp3) is 0.400. The molecule has 0 saturated carbocycles. The predicted molar refractivity (Wildman–Crippen MR) is 59.1 cm³/mol. The van der Waals surface area contributed by atoms with Gasteiger partial charge in [-0.15, -0.1) is 0 Å². The maximum atomic E-state index is 11.7. The van der Waals surface area contributed by atoms with E-state index in [-0.39, 0.29) is 11.4 Å². The number of rotatable bonds is 0. The van der Waals surface area contributed by atoms with E-state index in [0.717, 1.165) is 16.8 Å². The molecule has 0 fully saturated rings. The first kappa shape index (κ1) is 9.25. The Kier molecular flexibility index (Phi) is 1.87. The molecule has 1 aromatic heterocycles. The fourth-order valence-electron chi connectivity index (χ4n) is 2.01. The van der Waals surface area contributed by atoms with Crippen LogP contribution in [0, 0.1) is 6.92 Å². The number of aromatic nitrogens is 2. The van der Waals surface area contributed by atoms with Gasteiger partial charge in [-0.3, -0.25) is 4.79 Å². The molecular weight excluding hydrogens is 175 g/mol. The number of hydrogen-bond acceptors (Lipinski definition) is 2. The molecule has 1 aromatic rings. The molecule has 0 aliphatic heterocycles. The van der Waals surface area contributed by atoms with Gasteiger partial charge in [0.25, 0.3) is 5.56 Å². The van der Waals surface area contributed by atoms with Crippen molar-refractivity contribution >= 4 is 13.4 Å². The Morgan fingerprint density at radius 1 is 1.36 bits per heavy atom. The van der Waals surface area contributed by atoms with E-state index in [1.165, 1.54) is 5.57 Å². The molecule has 1 atom stereocenters. The molecule has 4 heteroatoms. The highest BCUT2D eigenvalue weighted by atomic mass is 16.1. The van der Waals surface area contributed by atoms with Crippen LogP contribution < -0.4 is 5.56 Å². The topological polar surface area (TPSA) is 45.8 Å². The quantitative estimate of drug-likeness (QED) is 0.604. The number of aryl methyl sites for hydroxylation is 1. The Balaban J connectivity index is 2.80. The predicted octanol–water partition coefficient (Wildman–Crippen LogP) is 0.560. The van der Waals surface area contributed by atoms with Gasteiger partial charge in [-0.2, -0.15) is 0 Å². The number of allylic oxidation sites excluding steroid dienone is 2. The second-order valence-corrected chi connectivity index (χ2v) is 3.94. The molecular formula is C10H13BN2O. The number of nitrogens with one attached hydrogen (secondary N) is 1. The third-order valence-corrected chi connectivity index (χ3v) is 3.09. The summed E-state index contributed by atoms with van der Waals surface area (Å²) in [5.74, 6) is 0.981. The molecule has 0 saturated heterocycles. The molecule has 0 bridgehead atoms. The molecule has 1 aliphatic rings. The number of hydrogen-bond donors (Lipinski definition) is 1. The van der Waals surface area contributed by atoms with E-state index >= 15 is 0 Å². The van der Waals surface area contributed by atoms with Gasteiger partial charge in [-0.1, -0.05) is 5.57 Å². The van der Waals surface area contributed by atoms with E-state index in [4.69, 9.17) is 0 Å². The molecule has 0 radical (unpaired) electrons. The molecule has 1 heterocycles. The van der Waals surface area contributed by atoms with Gasteiger partial charge in [-0.05, 0) is 32.2 Å². The first-order valence-electron chi connectivity index (χ1n) is 4.81. The Morgan fingerprint density at radius 2 is 2.00 bits per heavy atom. The van der Waals surface area contributed by atoms with Crippen molar-refractivity contribution in [3.63, 3.8) is 0 Å². The van der Waals surface area contributed by atoms with E-state index in [1.54, 1.807) is 0 Å². The van der Waals surface area contributed by atoms with Crippen LogP contribution in [0.2, 0.25) is 0 Å². The molecule has 0 amide bonds. The van der Waals surface area contributed by atoms with E-state index in [9.17, 15) is 4.79 Å². The van der Waals surface area contributed by atoms with Crippen molar-refractivity contribution in [2.75, 3.05) is 0 Å². The van der Waals surface area contributed by atoms with Crippen LogP contribution in [-0.2, 0) is 0 Å². The van der Waals surface area contributed by atoms with Crippen molar-refractivity contribution in [1.29, 1.82) is 0 Å². The lowest BCUT2D eigenvalue weighted by Gasteiger charge is -2.05. The second kappa shape index (κ2) is 2.84. The Labute approximate surface area is 83.7 Å². The summed E-state index contributed by atoms with van der Waals surface area (Å²) in [5, 5.41) is 0. The van der Waals surface area contributed by atoms with Gasteiger partial charge in [-0.25, -0.2) is 4.98 Å². The summed E-state index contributed by atoms with van der Waals surface area (Å²) in [5.41, 5.74) is 4.04. The molecule has 0 spiro atoms. The van der Waals surface area contributed by atoms with E-state index in [0.29, 0.717) is 5.82 Å². The van der Waals surface area contributed by atoms with E-state index < -0.39 is 0 Å². The van der Waals surface area contributed by atoms with Crippen molar-refractivity contribution in [2.24, 2.45) is 0 Å². The number of fused-ring (bicyclic) bond motifs is 1. The Hall–Kier alpha value is -1.32. The van der Waals surface area contributed by atoms with Gasteiger partial charge in [0.05, 0.1) is 11.3 Å². The summed E-state index contributed by atoms with van der Waals surface area (Å²) >= 11 is 0. The minimum Gasteiger partial charge on any atom is -0.310 e. The highest BCUT2D eigenvalue weighted by Gasteiger charge is 2.26. The van der Waals surface area contributed by atoms with Gasteiger partial charge in [0.1, 0.15) is 13.7 Å². The molecule has 1 N–H and O–H groups in total. The van der Waals surface area contributed by atoms with E-state index in [1.807, 2.05) is 13.8 Å². The lowest BCUT2D eigenvalue weighted by molar-refractivity contribution is 0.936. The average Bonchev–Trinajstić information content (AvgIpc) is 2.31. The third kappa shape index (κ3) is 1.06. The van der Waals surface area contributed by atoms with Gasteiger partial charge in [0, 0.05) is 0 Å². The smallest absolute Gasteiger partial charge is 0.258 e. The van der Waals surface area contributed by atoms with Crippen molar-refractivity contribution in [3.8, 4) is 0 Å². The number of aromatic amines is 1. The summed E-state index contributed by atoms with van der Waals surface area (Å²) in [4.78, 5) is 18.8. The monoisotopic (exact) mass is 188 g/mol. The number of H-pyrrole nitrogens is 1. The summed E-state index contributed by atoms with van der Waals surface area (Å²) in [7, 11) is 2.09. The summed E-state index contributed by atoms with van der Waals surface area (Å²) in [6.07, 6.45) is 0. The van der Waals surface area contributed by atoms with Gasteiger partial charge < -0.3 is 4.98 Å². The fourth-order valence-corrected chi connectivity index (χ4v) is 2.01. The normalized spacial score (nSPS) is 20.1. The molecule has 0 aromatic carbocycles. The summed E-state index contributed by atoms with van der Waals surface area (Å²) in [6, 6.07) is 0. The van der Waals surface area contributed by atoms with Crippen LogP contribution in [0.3, 0.4) is 0 Å². The zero-order valence-corrected chi connectivity index (χ0v) is 8.93. The third-order valence-electron chi connectivity index (χ3n) is 3.09. The molecule has 2 rings (SSSR count). The average molecular weight is 188 g/mol. The van der Waals surface area contributed by atoms with Gasteiger partial charge in [0.2, 0.25) is 0 Å². The Bertz CT molecular complexity index is 487. The minimum atomic E-state index is -0.00583. The maximum absolute atomic E-state index is 11.7. The molecule has 1 aliphatic carbocycles. The van der Waals surface area contributed by atoms with Crippen molar-refractivity contribution in [2.45, 2.75) is 26.6 Å². The van der Waals surface area contributed by atoms with Crippen molar-refractivity contribution in [3.05, 3.63) is 33.0 Å². The molecule has 14 heavy (non-hydrogen) atoms. The minimum absolute atomic E-state index is 0.00583. The summed E-state index contributed by atoms with van der Waals surface area (Å²) < 4.78 is 0. The molecule has 72 valence electrons. The summed E-state index contributed by atoms with van der Waals surface area (Å²) in [6.45, 7) is 5.87. The molecule has 3 nitrogen and oxygen atoms in total. The Morgan fingerprint density at radius 3 is 2.64 bits per heavy atom. The SMILES string of the molecule is BC1C(C)=C(C)c2c1nc(C)[nH]c2=O. The second-order valence-electron chi connectivity index (χ2n) is 3.94. The first-order chi connectivity index (χ1) is 6.52. The van der Waals surface area contributed by atoms with Crippen LogP contribution in [0.25, 0.3) is 5.57 Å². The lowest BCUT2D eigenvalue weighted by Crippen LogP contribution is -2.16. The maximum Gasteiger partial charge on any atom is 0.258 e. The van der Waals surface area contributed by atoms with Crippen LogP contribution in [0.5, 0.6) is 0 Å². The van der Waals surface area contributed by atoms with Crippen molar-refractivity contribution < 1.29 is 0 Å². The zero-order chi connectivity index (χ0) is 10.5.